The molecular formula is C16H11ClN4O2S. The van der Waals surface area contributed by atoms with E-state index in [0.29, 0.717) is 20.7 Å². The lowest BCUT2D eigenvalue weighted by Crippen LogP contribution is -1.91. The van der Waals surface area contributed by atoms with Gasteiger partial charge in [0.05, 0.1) is 4.92 Å². The molecule has 6 nitrogen and oxygen atoms in total. The Kier molecular flexibility index (Phi) is 4.64. The van der Waals surface area contributed by atoms with Gasteiger partial charge in [-0.25, -0.2) is 4.99 Å². The molecule has 24 heavy (non-hydrogen) atoms. The van der Waals surface area contributed by atoms with Crippen LogP contribution in [0.3, 0.4) is 0 Å². The van der Waals surface area contributed by atoms with Gasteiger partial charge in [0.15, 0.2) is 0 Å². The van der Waals surface area contributed by atoms with E-state index < -0.39 is 4.92 Å². The second-order valence-electron chi connectivity index (χ2n) is 4.96. The molecule has 0 amide bonds. The maximum absolute atomic E-state index is 10.9. The lowest BCUT2D eigenvalue weighted by atomic mass is 10.1. The molecule has 1 heterocycles. The molecule has 1 aromatic heterocycles. The minimum absolute atomic E-state index is 0.0873. The summed E-state index contributed by atoms with van der Waals surface area (Å²) in [5, 5.41) is 20.8. The number of aryl methyl sites for hydroxylation is 1. The summed E-state index contributed by atoms with van der Waals surface area (Å²) < 4.78 is 0. The predicted octanol–water partition coefficient (Wildman–Crippen LogP) is 4.83. The topological polar surface area (TPSA) is 81.3 Å². The maximum atomic E-state index is 10.9. The van der Waals surface area contributed by atoms with Crippen molar-refractivity contribution >= 4 is 40.0 Å². The molecule has 120 valence electrons. The standard InChI is InChI=1S/C16H11ClN4O2S/c1-10-8-12(4-7-14(10)21(22)23)15-19-20-16(24-15)18-9-11-2-5-13(17)6-3-11/h2-9H,1H3/b18-9+. The first-order chi connectivity index (χ1) is 11.5. The van der Waals surface area contributed by atoms with E-state index in [9.17, 15) is 10.1 Å². The van der Waals surface area contributed by atoms with Crippen LogP contribution in [0, 0.1) is 17.0 Å². The Balaban J connectivity index is 1.81. The number of halogens is 1. The van der Waals surface area contributed by atoms with Gasteiger partial charge in [0.1, 0.15) is 5.01 Å². The fourth-order valence-electron chi connectivity index (χ4n) is 2.06. The molecule has 0 aliphatic carbocycles. The normalized spacial score (nSPS) is 11.1. The Morgan fingerprint density at radius 1 is 1.21 bits per heavy atom. The van der Waals surface area contributed by atoms with E-state index in [1.807, 2.05) is 12.1 Å². The molecule has 0 atom stereocenters. The number of hydrogen-bond donors (Lipinski definition) is 0. The number of nitro benzene ring substituents is 1. The second-order valence-corrected chi connectivity index (χ2v) is 6.35. The van der Waals surface area contributed by atoms with Crippen LogP contribution in [0.2, 0.25) is 5.02 Å². The van der Waals surface area contributed by atoms with Crippen molar-refractivity contribution in [2.75, 3.05) is 0 Å². The first-order valence-corrected chi connectivity index (χ1v) is 8.11. The van der Waals surface area contributed by atoms with Crippen molar-refractivity contribution < 1.29 is 4.92 Å². The predicted molar refractivity (Wildman–Crippen MR) is 95.4 cm³/mol. The van der Waals surface area contributed by atoms with Gasteiger partial charge >= 0.3 is 0 Å². The first kappa shape index (κ1) is 16.2. The average Bonchev–Trinajstić information content (AvgIpc) is 3.03. The molecule has 8 heteroatoms. The van der Waals surface area contributed by atoms with Crippen molar-refractivity contribution in [1.29, 1.82) is 0 Å². The van der Waals surface area contributed by atoms with Gasteiger partial charge in [0.25, 0.3) is 5.69 Å². The van der Waals surface area contributed by atoms with Gasteiger partial charge in [0.2, 0.25) is 5.13 Å². The summed E-state index contributed by atoms with van der Waals surface area (Å²) in [6, 6.07) is 12.1. The van der Waals surface area contributed by atoms with Crippen LogP contribution in [-0.2, 0) is 0 Å². The zero-order chi connectivity index (χ0) is 17.1. The van der Waals surface area contributed by atoms with Gasteiger partial charge in [-0.05, 0) is 36.8 Å². The molecule has 3 aromatic rings. The van der Waals surface area contributed by atoms with E-state index in [2.05, 4.69) is 15.2 Å². The summed E-state index contributed by atoms with van der Waals surface area (Å²) in [6.45, 7) is 1.70. The van der Waals surface area contributed by atoms with Gasteiger partial charge in [-0.2, -0.15) is 0 Å². The molecule has 0 fully saturated rings. The highest BCUT2D eigenvalue weighted by atomic mass is 35.5. The molecule has 0 aliphatic rings. The van der Waals surface area contributed by atoms with E-state index in [1.165, 1.54) is 17.4 Å². The zero-order valence-electron chi connectivity index (χ0n) is 12.5. The monoisotopic (exact) mass is 358 g/mol. The smallest absolute Gasteiger partial charge is 0.258 e. The van der Waals surface area contributed by atoms with Crippen molar-refractivity contribution in [1.82, 2.24) is 10.2 Å². The van der Waals surface area contributed by atoms with Crippen molar-refractivity contribution in [2.24, 2.45) is 4.99 Å². The molecule has 0 saturated heterocycles. The Labute approximate surface area is 146 Å². The zero-order valence-corrected chi connectivity index (χ0v) is 14.1. The van der Waals surface area contributed by atoms with Crippen LogP contribution in [0.4, 0.5) is 10.8 Å². The maximum Gasteiger partial charge on any atom is 0.272 e. The van der Waals surface area contributed by atoms with Crippen molar-refractivity contribution in [3.05, 3.63) is 68.7 Å². The summed E-state index contributed by atoms with van der Waals surface area (Å²) in [4.78, 5) is 14.8. The summed E-state index contributed by atoms with van der Waals surface area (Å²) in [5.74, 6) is 0. The fraction of sp³-hybridized carbons (Fsp3) is 0.0625. The lowest BCUT2D eigenvalue weighted by Gasteiger charge is -1.99. The third-order valence-electron chi connectivity index (χ3n) is 3.25. The van der Waals surface area contributed by atoms with Crippen LogP contribution < -0.4 is 0 Å². The van der Waals surface area contributed by atoms with Crippen molar-refractivity contribution in [3.8, 4) is 10.6 Å². The SMILES string of the molecule is Cc1cc(-c2nnc(/N=C/c3ccc(Cl)cc3)s2)ccc1[N+](=O)[O-]. The van der Waals surface area contributed by atoms with Crippen LogP contribution in [0.15, 0.2) is 47.5 Å². The highest BCUT2D eigenvalue weighted by Crippen LogP contribution is 2.30. The fourth-order valence-corrected chi connectivity index (χ4v) is 2.87. The van der Waals surface area contributed by atoms with E-state index in [4.69, 9.17) is 11.6 Å². The van der Waals surface area contributed by atoms with Gasteiger partial charge in [-0.1, -0.05) is 35.1 Å². The van der Waals surface area contributed by atoms with Gasteiger partial charge in [0, 0.05) is 28.4 Å². The molecule has 0 radical (unpaired) electrons. The Bertz CT molecular complexity index is 922. The Morgan fingerprint density at radius 3 is 2.62 bits per heavy atom. The second kappa shape index (κ2) is 6.86. The van der Waals surface area contributed by atoms with Gasteiger partial charge in [-0.3, -0.25) is 10.1 Å². The van der Waals surface area contributed by atoms with E-state index in [1.54, 1.807) is 37.4 Å². The molecule has 2 aromatic carbocycles. The highest BCUT2D eigenvalue weighted by molar-refractivity contribution is 7.18. The minimum Gasteiger partial charge on any atom is -0.258 e. The molecule has 0 N–H and O–H groups in total. The van der Waals surface area contributed by atoms with Gasteiger partial charge < -0.3 is 0 Å². The molecule has 3 rings (SSSR count). The quantitative estimate of drug-likeness (QED) is 0.380. The molecule has 0 spiro atoms. The summed E-state index contributed by atoms with van der Waals surface area (Å²) in [5.41, 5.74) is 2.36. The van der Waals surface area contributed by atoms with E-state index in [0.717, 1.165) is 11.1 Å². The number of hydrogen-bond acceptors (Lipinski definition) is 6. The largest absolute Gasteiger partial charge is 0.272 e. The first-order valence-electron chi connectivity index (χ1n) is 6.91. The van der Waals surface area contributed by atoms with Crippen LogP contribution >= 0.6 is 22.9 Å². The molecule has 0 saturated carbocycles. The number of rotatable bonds is 4. The summed E-state index contributed by atoms with van der Waals surface area (Å²) >= 11 is 7.15. The number of nitrogens with zero attached hydrogens (tertiary/aromatic N) is 4. The van der Waals surface area contributed by atoms with Gasteiger partial charge in [-0.15, -0.1) is 10.2 Å². The Morgan fingerprint density at radius 2 is 1.96 bits per heavy atom. The van der Waals surface area contributed by atoms with E-state index >= 15 is 0 Å². The average molecular weight is 359 g/mol. The number of benzene rings is 2. The third-order valence-corrected chi connectivity index (χ3v) is 4.38. The number of aliphatic imine (C=N–C) groups is 1. The van der Waals surface area contributed by atoms with Crippen LogP contribution in [0.25, 0.3) is 10.6 Å². The van der Waals surface area contributed by atoms with Crippen molar-refractivity contribution in [3.63, 3.8) is 0 Å². The Hall–Kier alpha value is -2.64. The molecule has 0 unspecified atom stereocenters. The lowest BCUT2D eigenvalue weighted by molar-refractivity contribution is -0.385. The highest BCUT2D eigenvalue weighted by Gasteiger charge is 2.13. The summed E-state index contributed by atoms with van der Waals surface area (Å²) in [7, 11) is 0. The van der Waals surface area contributed by atoms with Crippen molar-refractivity contribution in [2.45, 2.75) is 6.92 Å². The third kappa shape index (κ3) is 3.64. The van der Waals surface area contributed by atoms with Crippen LogP contribution in [0.1, 0.15) is 11.1 Å². The summed E-state index contributed by atoms with van der Waals surface area (Å²) in [6.07, 6.45) is 1.68. The van der Waals surface area contributed by atoms with Crippen LogP contribution in [0.5, 0.6) is 0 Å². The molecule has 0 aliphatic heterocycles. The molecule has 0 bridgehead atoms. The number of nitro groups is 1. The minimum atomic E-state index is -0.402. The molecular weight excluding hydrogens is 348 g/mol. The van der Waals surface area contributed by atoms with E-state index in [-0.39, 0.29) is 5.69 Å². The number of aromatic nitrogens is 2. The van der Waals surface area contributed by atoms with Crippen LogP contribution in [-0.4, -0.2) is 21.3 Å².